The van der Waals surface area contributed by atoms with E-state index >= 15 is 0 Å². The molecule has 0 saturated heterocycles. The molecule has 0 saturated carbocycles. The van der Waals surface area contributed by atoms with E-state index in [0.717, 1.165) is 0 Å². The minimum absolute atomic E-state index is 0.109. The molecule has 1 rings (SSSR count). The maximum atomic E-state index is 11.5. The molecule has 88 valence electrons. The predicted molar refractivity (Wildman–Crippen MR) is 58.4 cm³/mol. The number of carbonyl (C=O) groups excluding carboxylic acids is 1. The van der Waals surface area contributed by atoms with E-state index in [2.05, 4.69) is 15.6 Å². The number of amides is 2. The summed E-state index contributed by atoms with van der Waals surface area (Å²) in [5.41, 5.74) is 5.80. The normalized spacial score (nSPS) is 11.3. The molecule has 0 atom stereocenters. The van der Waals surface area contributed by atoms with Gasteiger partial charge < -0.3 is 15.8 Å². The molecule has 8 heteroatoms. The Balaban J connectivity index is 3.03. The highest BCUT2D eigenvalue weighted by Gasteiger charge is 2.15. The van der Waals surface area contributed by atoms with Crippen LogP contribution in [0.15, 0.2) is 11.4 Å². The Kier molecular flexibility index (Phi) is 3.33. The first-order valence-electron chi connectivity index (χ1n) is 4.45. The van der Waals surface area contributed by atoms with Crippen LogP contribution in [0.5, 0.6) is 0 Å². The maximum absolute atomic E-state index is 11.5. The van der Waals surface area contributed by atoms with Gasteiger partial charge in [-0.3, -0.25) is 10.00 Å². The maximum Gasteiger partial charge on any atom is 0.322 e. The van der Waals surface area contributed by atoms with Crippen LogP contribution in [0.25, 0.3) is 0 Å². The number of anilines is 1. The molecule has 0 fully saturated rings. The fraction of sp³-hybridized carbons (Fsp3) is 0.375. The molecule has 0 aliphatic heterocycles. The zero-order chi connectivity index (χ0) is 12.3. The van der Waals surface area contributed by atoms with Gasteiger partial charge in [-0.15, -0.1) is 0 Å². The third kappa shape index (κ3) is 2.22. The van der Waals surface area contributed by atoms with Gasteiger partial charge in [0.1, 0.15) is 5.82 Å². The van der Waals surface area contributed by atoms with Crippen LogP contribution in [0, 0.1) is 0 Å². The van der Waals surface area contributed by atoms with Crippen LogP contribution in [-0.4, -0.2) is 45.8 Å². The first-order valence-corrected chi connectivity index (χ1v) is 4.45. The van der Waals surface area contributed by atoms with Gasteiger partial charge in [0.15, 0.2) is 5.84 Å². The van der Waals surface area contributed by atoms with Crippen LogP contribution in [0.1, 0.15) is 5.56 Å². The molecule has 16 heavy (non-hydrogen) atoms. The second kappa shape index (κ2) is 4.51. The van der Waals surface area contributed by atoms with Crippen molar-refractivity contribution < 1.29 is 10.0 Å². The summed E-state index contributed by atoms with van der Waals surface area (Å²) in [5, 5.41) is 17.9. The van der Waals surface area contributed by atoms with Gasteiger partial charge in [0, 0.05) is 21.1 Å². The molecule has 2 amide bonds. The number of carbonyl (C=O) groups is 1. The summed E-state index contributed by atoms with van der Waals surface area (Å²) in [7, 11) is 4.85. The molecule has 0 bridgehead atoms. The third-order valence-corrected chi connectivity index (χ3v) is 1.95. The quantitative estimate of drug-likeness (QED) is 0.276. The van der Waals surface area contributed by atoms with Gasteiger partial charge in [-0.25, -0.2) is 4.79 Å². The first kappa shape index (κ1) is 11.8. The van der Waals surface area contributed by atoms with Crippen molar-refractivity contribution in [1.29, 1.82) is 0 Å². The smallest absolute Gasteiger partial charge is 0.322 e. The summed E-state index contributed by atoms with van der Waals surface area (Å²) in [5.74, 6) is 0.260. The average Bonchev–Trinajstić information content (AvgIpc) is 2.59. The molecule has 1 aromatic heterocycles. The Morgan fingerprint density at radius 2 is 2.31 bits per heavy atom. The lowest BCUT2D eigenvalue weighted by Gasteiger charge is -2.13. The summed E-state index contributed by atoms with van der Waals surface area (Å²) < 4.78 is 1.43. The van der Waals surface area contributed by atoms with E-state index in [1.165, 1.54) is 15.8 Å². The molecule has 1 aromatic rings. The summed E-state index contributed by atoms with van der Waals surface area (Å²) >= 11 is 0. The number of aromatic nitrogens is 2. The van der Waals surface area contributed by atoms with Crippen LogP contribution in [0.4, 0.5) is 10.6 Å². The average molecular weight is 226 g/mol. The zero-order valence-electron chi connectivity index (χ0n) is 9.30. The van der Waals surface area contributed by atoms with Crippen LogP contribution >= 0.6 is 0 Å². The number of rotatable bonds is 2. The van der Waals surface area contributed by atoms with E-state index in [1.807, 2.05) is 0 Å². The minimum atomic E-state index is -0.324. The fourth-order valence-electron chi connectivity index (χ4n) is 1.04. The summed E-state index contributed by atoms with van der Waals surface area (Å²) in [6.07, 6.45) is 1.40. The number of nitrogens with one attached hydrogen (secondary N) is 1. The van der Waals surface area contributed by atoms with Crippen molar-refractivity contribution in [3.8, 4) is 0 Å². The molecule has 0 aliphatic rings. The molecule has 0 spiro atoms. The Labute approximate surface area is 92.3 Å². The van der Waals surface area contributed by atoms with Crippen LogP contribution in [0.2, 0.25) is 0 Å². The lowest BCUT2D eigenvalue weighted by Crippen LogP contribution is -2.29. The molecule has 0 unspecified atom stereocenters. The Bertz CT molecular complexity index is 422. The summed E-state index contributed by atoms with van der Waals surface area (Å²) in [6.45, 7) is 0. The SMILES string of the molecule is CN(C)C(=O)Nc1c(C(N)=NO)cnn1C. The van der Waals surface area contributed by atoms with Crippen molar-refractivity contribution in [2.24, 2.45) is 17.9 Å². The second-order valence-electron chi connectivity index (χ2n) is 3.34. The lowest BCUT2D eigenvalue weighted by molar-refractivity contribution is 0.230. The lowest BCUT2D eigenvalue weighted by atomic mass is 10.3. The number of nitrogens with two attached hydrogens (primary N) is 1. The number of nitrogens with zero attached hydrogens (tertiary/aromatic N) is 4. The Morgan fingerprint density at radius 3 is 2.81 bits per heavy atom. The van der Waals surface area contributed by atoms with Crippen LogP contribution in [0.3, 0.4) is 0 Å². The summed E-state index contributed by atoms with van der Waals surface area (Å²) in [6, 6.07) is -0.324. The van der Waals surface area contributed by atoms with E-state index in [-0.39, 0.29) is 11.9 Å². The van der Waals surface area contributed by atoms with Crippen molar-refractivity contribution >= 4 is 17.7 Å². The van der Waals surface area contributed by atoms with E-state index in [9.17, 15) is 4.79 Å². The number of hydrogen-bond acceptors (Lipinski definition) is 4. The number of aryl methyl sites for hydroxylation is 1. The number of urea groups is 1. The van der Waals surface area contributed by atoms with Crippen molar-refractivity contribution in [3.63, 3.8) is 0 Å². The molecule has 0 aromatic carbocycles. The molecular weight excluding hydrogens is 212 g/mol. The predicted octanol–water partition coefficient (Wildman–Crippen LogP) is -0.392. The highest BCUT2D eigenvalue weighted by Crippen LogP contribution is 2.13. The number of oxime groups is 1. The van der Waals surface area contributed by atoms with Gasteiger partial charge in [-0.1, -0.05) is 5.16 Å². The molecule has 0 aliphatic carbocycles. The standard InChI is InChI=1S/C8H14N6O2/c1-13(2)8(15)11-7-5(6(9)12-16)4-10-14(7)3/h4,16H,1-3H3,(H2,9,12)(H,11,15). The van der Waals surface area contributed by atoms with Crippen molar-refractivity contribution in [3.05, 3.63) is 11.8 Å². The van der Waals surface area contributed by atoms with Gasteiger partial charge in [-0.2, -0.15) is 5.10 Å². The largest absolute Gasteiger partial charge is 0.409 e. The van der Waals surface area contributed by atoms with Crippen LogP contribution < -0.4 is 11.1 Å². The fourth-order valence-corrected chi connectivity index (χ4v) is 1.04. The van der Waals surface area contributed by atoms with Gasteiger partial charge in [0.05, 0.1) is 11.8 Å². The number of hydrogen-bond donors (Lipinski definition) is 3. The molecular formula is C8H14N6O2. The molecule has 4 N–H and O–H groups in total. The van der Waals surface area contributed by atoms with Crippen molar-refractivity contribution in [2.45, 2.75) is 0 Å². The number of amidine groups is 1. The molecule has 8 nitrogen and oxygen atoms in total. The van der Waals surface area contributed by atoms with E-state index in [4.69, 9.17) is 10.9 Å². The first-order chi connectivity index (χ1) is 7.47. The van der Waals surface area contributed by atoms with E-state index in [1.54, 1.807) is 21.1 Å². The topological polar surface area (TPSA) is 109 Å². The van der Waals surface area contributed by atoms with Gasteiger partial charge in [0.2, 0.25) is 0 Å². The highest BCUT2D eigenvalue weighted by atomic mass is 16.4. The Hall–Kier alpha value is -2.25. The van der Waals surface area contributed by atoms with Crippen molar-refractivity contribution in [2.75, 3.05) is 19.4 Å². The molecule has 1 heterocycles. The van der Waals surface area contributed by atoms with Gasteiger partial charge >= 0.3 is 6.03 Å². The van der Waals surface area contributed by atoms with E-state index < -0.39 is 0 Å². The highest BCUT2D eigenvalue weighted by molar-refractivity contribution is 6.04. The monoisotopic (exact) mass is 226 g/mol. The van der Waals surface area contributed by atoms with Crippen molar-refractivity contribution in [1.82, 2.24) is 14.7 Å². The third-order valence-electron chi connectivity index (χ3n) is 1.95. The summed E-state index contributed by atoms with van der Waals surface area (Å²) in [4.78, 5) is 12.8. The molecule has 0 radical (unpaired) electrons. The second-order valence-corrected chi connectivity index (χ2v) is 3.34. The van der Waals surface area contributed by atoms with Crippen LogP contribution in [-0.2, 0) is 7.05 Å². The van der Waals surface area contributed by atoms with Gasteiger partial charge in [-0.05, 0) is 0 Å². The van der Waals surface area contributed by atoms with E-state index in [0.29, 0.717) is 11.4 Å². The minimum Gasteiger partial charge on any atom is -0.409 e. The zero-order valence-corrected chi connectivity index (χ0v) is 9.30. The van der Waals surface area contributed by atoms with Gasteiger partial charge in [0.25, 0.3) is 0 Å². The Morgan fingerprint density at radius 1 is 1.69 bits per heavy atom.